The van der Waals surface area contributed by atoms with E-state index in [9.17, 15) is 4.79 Å². The molecule has 2 aliphatic rings. The number of carbonyl (C=O) groups is 1. The summed E-state index contributed by atoms with van der Waals surface area (Å²) < 4.78 is 1.92. The Labute approximate surface area is 94.5 Å². The van der Waals surface area contributed by atoms with Crippen molar-refractivity contribution >= 4 is 5.91 Å². The Hall–Kier alpha value is -1.39. The average molecular weight is 220 g/mol. The predicted octanol–water partition coefficient (Wildman–Crippen LogP) is 0.729. The largest absolute Gasteiger partial charge is 0.333 e. The molecule has 5 heteroatoms. The number of amides is 1. The van der Waals surface area contributed by atoms with Gasteiger partial charge in [0.2, 0.25) is 5.91 Å². The molecule has 1 aromatic rings. The molecule has 1 aliphatic carbocycles. The molecule has 3 rings (SSSR count). The molecule has 1 fully saturated rings. The number of aromatic nitrogens is 3. The summed E-state index contributed by atoms with van der Waals surface area (Å²) >= 11 is 0. The summed E-state index contributed by atoms with van der Waals surface area (Å²) in [7, 11) is 0. The normalized spacial score (nSPS) is 20.4. The summed E-state index contributed by atoms with van der Waals surface area (Å²) in [5.41, 5.74) is 0. The first-order chi connectivity index (χ1) is 7.74. The minimum Gasteiger partial charge on any atom is -0.333 e. The van der Waals surface area contributed by atoms with E-state index >= 15 is 0 Å². The molecule has 16 heavy (non-hydrogen) atoms. The van der Waals surface area contributed by atoms with Crippen LogP contribution in [0.15, 0.2) is 0 Å². The highest BCUT2D eigenvalue weighted by Crippen LogP contribution is 2.29. The van der Waals surface area contributed by atoms with E-state index in [1.807, 2.05) is 16.5 Å². The molecule has 1 aliphatic heterocycles. The summed E-state index contributed by atoms with van der Waals surface area (Å²) in [6.07, 6.45) is 3.35. The van der Waals surface area contributed by atoms with E-state index in [1.165, 1.54) is 6.42 Å². The maximum absolute atomic E-state index is 12.1. The van der Waals surface area contributed by atoms with Crippen molar-refractivity contribution in [3.05, 3.63) is 11.6 Å². The van der Waals surface area contributed by atoms with Crippen LogP contribution in [0.5, 0.6) is 0 Å². The molecule has 0 spiro atoms. The molecule has 0 atom stereocenters. The molecule has 0 N–H and O–H groups in total. The van der Waals surface area contributed by atoms with Crippen molar-refractivity contribution < 1.29 is 4.79 Å². The first kappa shape index (κ1) is 9.81. The molecular formula is C11H16N4O. The smallest absolute Gasteiger partial charge is 0.226 e. The van der Waals surface area contributed by atoms with Gasteiger partial charge < -0.3 is 4.90 Å². The van der Waals surface area contributed by atoms with Crippen LogP contribution in [0, 0.1) is 12.8 Å². The number of nitrogens with zero attached hydrogens (tertiary/aromatic N) is 4. The van der Waals surface area contributed by atoms with E-state index in [0.29, 0.717) is 12.5 Å². The van der Waals surface area contributed by atoms with E-state index in [1.54, 1.807) is 0 Å². The van der Waals surface area contributed by atoms with Gasteiger partial charge in [0.1, 0.15) is 11.6 Å². The summed E-state index contributed by atoms with van der Waals surface area (Å²) in [5.74, 6) is 2.33. The monoisotopic (exact) mass is 220 g/mol. The standard InChI is InChI=1S/C11H16N4O/c1-8-12-10-7-14(5-6-15(10)13-8)11(16)9-3-2-4-9/h9H,2-7H2,1H3. The van der Waals surface area contributed by atoms with Crippen LogP contribution >= 0.6 is 0 Å². The van der Waals surface area contributed by atoms with Crippen molar-refractivity contribution in [3.63, 3.8) is 0 Å². The van der Waals surface area contributed by atoms with Crippen molar-refractivity contribution in [2.45, 2.75) is 39.3 Å². The highest BCUT2D eigenvalue weighted by molar-refractivity contribution is 5.79. The lowest BCUT2D eigenvalue weighted by molar-refractivity contribution is -0.139. The highest BCUT2D eigenvalue weighted by atomic mass is 16.2. The second-order valence-electron chi connectivity index (χ2n) is 4.69. The van der Waals surface area contributed by atoms with Crippen molar-refractivity contribution in [1.82, 2.24) is 19.7 Å². The maximum Gasteiger partial charge on any atom is 0.226 e. The third kappa shape index (κ3) is 1.50. The van der Waals surface area contributed by atoms with Crippen LogP contribution in [0.4, 0.5) is 0 Å². The van der Waals surface area contributed by atoms with Crippen LogP contribution < -0.4 is 0 Å². The average Bonchev–Trinajstić information content (AvgIpc) is 2.53. The van der Waals surface area contributed by atoms with Gasteiger partial charge in [0.05, 0.1) is 13.1 Å². The fourth-order valence-electron chi connectivity index (χ4n) is 2.36. The number of fused-ring (bicyclic) bond motifs is 1. The molecule has 0 radical (unpaired) electrons. The van der Waals surface area contributed by atoms with Gasteiger partial charge in [-0.25, -0.2) is 9.67 Å². The van der Waals surface area contributed by atoms with Gasteiger partial charge in [0, 0.05) is 12.5 Å². The molecule has 2 heterocycles. The highest BCUT2D eigenvalue weighted by Gasteiger charge is 2.31. The maximum atomic E-state index is 12.1. The van der Waals surface area contributed by atoms with Crippen LogP contribution in [-0.4, -0.2) is 32.1 Å². The summed E-state index contributed by atoms with van der Waals surface area (Å²) in [6, 6.07) is 0. The Morgan fingerprint density at radius 2 is 2.19 bits per heavy atom. The van der Waals surface area contributed by atoms with Crippen LogP contribution in [0.3, 0.4) is 0 Å². The fourth-order valence-corrected chi connectivity index (χ4v) is 2.36. The van der Waals surface area contributed by atoms with E-state index in [-0.39, 0.29) is 5.92 Å². The predicted molar refractivity (Wildman–Crippen MR) is 57.5 cm³/mol. The Bertz CT molecular complexity index is 422. The number of hydrogen-bond acceptors (Lipinski definition) is 3. The number of hydrogen-bond donors (Lipinski definition) is 0. The SMILES string of the molecule is Cc1nc2n(n1)CCN(C(=O)C1CCC1)C2. The Morgan fingerprint density at radius 1 is 1.38 bits per heavy atom. The zero-order valence-electron chi connectivity index (χ0n) is 9.52. The van der Waals surface area contributed by atoms with Gasteiger partial charge in [0.25, 0.3) is 0 Å². The summed E-state index contributed by atoms with van der Waals surface area (Å²) in [6.45, 7) is 4.10. The third-order valence-corrected chi connectivity index (χ3v) is 3.53. The van der Waals surface area contributed by atoms with Gasteiger partial charge in [-0.2, -0.15) is 5.10 Å². The van der Waals surface area contributed by atoms with Gasteiger partial charge in [-0.15, -0.1) is 0 Å². The quantitative estimate of drug-likeness (QED) is 0.701. The molecule has 0 unspecified atom stereocenters. The molecule has 0 saturated heterocycles. The van der Waals surface area contributed by atoms with Gasteiger partial charge in [0.15, 0.2) is 0 Å². The Balaban J connectivity index is 1.74. The van der Waals surface area contributed by atoms with Crippen molar-refractivity contribution in [3.8, 4) is 0 Å². The summed E-state index contributed by atoms with van der Waals surface area (Å²) in [4.78, 5) is 18.3. The lowest BCUT2D eigenvalue weighted by Crippen LogP contribution is -2.43. The van der Waals surface area contributed by atoms with Crippen molar-refractivity contribution in [1.29, 1.82) is 0 Å². The van der Waals surface area contributed by atoms with Crippen LogP contribution in [0.1, 0.15) is 30.9 Å². The first-order valence-electron chi connectivity index (χ1n) is 5.93. The zero-order chi connectivity index (χ0) is 11.1. The molecule has 5 nitrogen and oxygen atoms in total. The Morgan fingerprint density at radius 3 is 2.88 bits per heavy atom. The van der Waals surface area contributed by atoms with Crippen molar-refractivity contribution in [2.24, 2.45) is 5.92 Å². The molecule has 86 valence electrons. The van der Waals surface area contributed by atoms with Crippen LogP contribution in [0.25, 0.3) is 0 Å². The van der Waals surface area contributed by atoms with Gasteiger partial charge in [-0.05, 0) is 19.8 Å². The zero-order valence-corrected chi connectivity index (χ0v) is 9.52. The fraction of sp³-hybridized carbons (Fsp3) is 0.727. The van der Waals surface area contributed by atoms with Gasteiger partial charge in [-0.3, -0.25) is 4.79 Å². The molecule has 1 saturated carbocycles. The van der Waals surface area contributed by atoms with E-state index in [0.717, 1.165) is 37.6 Å². The van der Waals surface area contributed by atoms with E-state index in [4.69, 9.17) is 0 Å². The van der Waals surface area contributed by atoms with Crippen LogP contribution in [-0.2, 0) is 17.9 Å². The molecular weight excluding hydrogens is 204 g/mol. The van der Waals surface area contributed by atoms with Crippen molar-refractivity contribution in [2.75, 3.05) is 6.54 Å². The van der Waals surface area contributed by atoms with Gasteiger partial charge in [-0.1, -0.05) is 6.42 Å². The number of aryl methyl sites for hydroxylation is 1. The molecule has 1 amide bonds. The van der Waals surface area contributed by atoms with Crippen LogP contribution in [0.2, 0.25) is 0 Å². The first-order valence-corrected chi connectivity index (χ1v) is 5.93. The third-order valence-electron chi connectivity index (χ3n) is 3.53. The van der Waals surface area contributed by atoms with E-state index in [2.05, 4.69) is 10.1 Å². The summed E-state index contributed by atoms with van der Waals surface area (Å²) in [5, 5.41) is 4.29. The second kappa shape index (κ2) is 3.57. The molecule has 0 aromatic carbocycles. The molecule has 1 aromatic heterocycles. The molecule has 0 bridgehead atoms. The minimum atomic E-state index is 0.288. The van der Waals surface area contributed by atoms with E-state index < -0.39 is 0 Å². The Kier molecular flexibility index (Phi) is 2.19. The minimum absolute atomic E-state index is 0.288. The second-order valence-corrected chi connectivity index (χ2v) is 4.69. The van der Waals surface area contributed by atoms with Gasteiger partial charge >= 0.3 is 0 Å². The lowest BCUT2D eigenvalue weighted by atomic mass is 9.84. The topological polar surface area (TPSA) is 51.0 Å². The number of rotatable bonds is 1. The lowest BCUT2D eigenvalue weighted by Gasteiger charge is -2.33. The number of carbonyl (C=O) groups excluding carboxylic acids is 1.